The number of rotatable bonds is 3. The van der Waals surface area contributed by atoms with Crippen LogP contribution in [0.2, 0.25) is 0 Å². The summed E-state index contributed by atoms with van der Waals surface area (Å²) < 4.78 is 53.2. The monoisotopic (exact) mass is 472 g/mol. The Bertz CT molecular complexity index is 1030. The Balaban J connectivity index is 1.66. The van der Waals surface area contributed by atoms with Crippen LogP contribution in [0.15, 0.2) is 51.9 Å². The van der Waals surface area contributed by atoms with E-state index in [0.717, 1.165) is 0 Å². The van der Waals surface area contributed by atoms with Gasteiger partial charge in [0.2, 0.25) is 0 Å². The first-order valence-corrected chi connectivity index (χ1v) is 11.8. The first-order chi connectivity index (χ1) is 12.8. The molecule has 2 aliphatic rings. The maximum absolute atomic E-state index is 14.6. The van der Waals surface area contributed by atoms with Gasteiger partial charge in [0.25, 0.3) is 0 Å². The minimum absolute atomic E-state index is 0.0456. The summed E-state index contributed by atoms with van der Waals surface area (Å²) in [6.07, 6.45) is 0. The topological polar surface area (TPSA) is 49.7 Å². The molecule has 1 saturated heterocycles. The fraction of sp³-hybridized carbons (Fsp3) is 0.278. The van der Waals surface area contributed by atoms with Gasteiger partial charge in [-0.15, -0.1) is 0 Å². The lowest BCUT2D eigenvalue weighted by atomic mass is 10.1. The van der Waals surface area contributed by atoms with Crippen LogP contribution in [0.3, 0.4) is 0 Å². The molecule has 0 N–H and O–H groups in total. The van der Waals surface area contributed by atoms with Crippen LogP contribution in [-0.2, 0) is 15.6 Å². The smallest absolute Gasteiger partial charge is 0.164 e. The third-order valence-electron chi connectivity index (χ3n) is 4.59. The highest BCUT2D eigenvalue weighted by atomic mass is 79.9. The third-order valence-corrected chi connectivity index (χ3v) is 7.80. The van der Waals surface area contributed by atoms with Crippen LogP contribution in [0.5, 0.6) is 0 Å². The number of aliphatic imine (C=N–C) groups is 1. The number of hydrogen-bond acceptors (Lipinski definition) is 5. The molecule has 0 saturated carbocycles. The molecule has 27 heavy (non-hydrogen) atoms. The summed E-state index contributed by atoms with van der Waals surface area (Å²) in [5.41, 5.74) is 0.800. The Morgan fingerprint density at radius 2 is 1.93 bits per heavy atom. The molecule has 2 heterocycles. The molecule has 0 unspecified atom stereocenters. The molecule has 0 amide bonds. The number of benzene rings is 2. The van der Waals surface area contributed by atoms with E-state index in [0.29, 0.717) is 21.0 Å². The SMILES string of the molecule is O=S1(=O)C[C@H]2N=C(SCc3ccccc3F)N(c3ccc(Br)cc3F)[C@H]2C1. The van der Waals surface area contributed by atoms with Crippen molar-refractivity contribution in [3.63, 3.8) is 0 Å². The van der Waals surface area contributed by atoms with Crippen molar-refractivity contribution in [3.8, 4) is 0 Å². The molecule has 2 aliphatic heterocycles. The molecule has 0 aliphatic carbocycles. The van der Waals surface area contributed by atoms with E-state index < -0.39 is 27.7 Å². The van der Waals surface area contributed by atoms with Gasteiger partial charge < -0.3 is 4.90 Å². The quantitative estimate of drug-likeness (QED) is 0.677. The minimum atomic E-state index is -3.21. The summed E-state index contributed by atoms with van der Waals surface area (Å²) in [5, 5.41) is 0.518. The fourth-order valence-corrected chi connectivity index (χ4v) is 6.63. The molecule has 4 rings (SSSR count). The second-order valence-corrected chi connectivity index (χ2v) is 10.5. The van der Waals surface area contributed by atoms with Crippen molar-refractivity contribution < 1.29 is 17.2 Å². The van der Waals surface area contributed by atoms with Crippen molar-refractivity contribution in [1.82, 2.24) is 0 Å². The lowest BCUT2D eigenvalue weighted by molar-refractivity contribution is 0.600. The Labute approximate surface area is 168 Å². The van der Waals surface area contributed by atoms with Gasteiger partial charge in [-0.05, 0) is 29.8 Å². The van der Waals surface area contributed by atoms with Crippen LogP contribution >= 0.6 is 27.7 Å². The molecule has 2 atom stereocenters. The van der Waals surface area contributed by atoms with E-state index in [4.69, 9.17) is 0 Å². The number of sulfone groups is 1. The molecule has 9 heteroatoms. The summed E-state index contributed by atoms with van der Waals surface area (Å²) in [6, 6.07) is 10.2. The first kappa shape index (κ1) is 18.9. The van der Waals surface area contributed by atoms with E-state index in [9.17, 15) is 17.2 Å². The van der Waals surface area contributed by atoms with E-state index in [-0.39, 0.29) is 23.0 Å². The third kappa shape index (κ3) is 3.77. The average Bonchev–Trinajstić information content (AvgIpc) is 3.06. The molecule has 0 bridgehead atoms. The Morgan fingerprint density at radius 1 is 1.15 bits per heavy atom. The van der Waals surface area contributed by atoms with Crippen LogP contribution in [0.25, 0.3) is 0 Å². The summed E-state index contributed by atoms with van der Waals surface area (Å²) in [7, 11) is -3.21. The summed E-state index contributed by atoms with van der Waals surface area (Å²) in [6.45, 7) is 0. The Hall–Kier alpha value is -1.45. The normalized spacial score (nSPS) is 23.4. The molecule has 0 aromatic heterocycles. The number of anilines is 1. The summed E-state index contributed by atoms with van der Waals surface area (Å²) in [5.74, 6) is -0.565. The zero-order valence-electron chi connectivity index (χ0n) is 14.0. The summed E-state index contributed by atoms with van der Waals surface area (Å²) >= 11 is 4.52. The van der Waals surface area contributed by atoms with Gasteiger partial charge >= 0.3 is 0 Å². The molecular weight excluding hydrogens is 458 g/mol. The van der Waals surface area contributed by atoms with Gasteiger partial charge in [0.05, 0.1) is 29.3 Å². The van der Waals surface area contributed by atoms with Gasteiger partial charge in [-0.2, -0.15) is 0 Å². The van der Waals surface area contributed by atoms with Gasteiger partial charge in [-0.25, -0.2) is 17.2 Å². The zero-order valence-corrected chi connectivity index (χ0v) is 17.2. The van der Waals surface area contributed by atoms with Crippen LogP contribution in [0.1, 0.15) is 5.56 Å². The van der Waals surface area contributed by atoms with Crippen LogP contribution in [-0.4, -0.2) is 37.2 Å². The highest BCUT2D eigenvalue weighted by Crippen LogP contribution is 2.37. The fourth-order valence-electron chi connectivity index (χ4n) is 3.35. The van der Waals surface area contributed by atoms with Gasteiger partial charge in [-0.3, -0.25) is 4.99 Å². The molecular formula is C18H15BrF2N2O2S2. The predicted molar refractivity (Wildman–Crippen MR) is 108 cm³/mol. The van der Waals surface area contributed by atoms with Crippen LogP contribution in [0.4, 0.5) is 14.5 Å². The van der Waals surface area contributed by atoms with Crippen molar-refractivity contribution in [1.29, 1.82) is 0 Å². The highest BCUT2D eigenvalue weighted by molar-refractivity contribution is 9.10. The van der Waals surface area contributed by atoms with Crippen molar-refractivity contribution in [2.75, 3.05) is 16.4 Å². The van der Waals surface area contributed by atoms with Gasteiger partial charge in [0.15, 0.2) is 15.0 Å². The van der Waals surface area contributed by atoms with Gasteiger partial charge in [0.1, 0.15) is 11.6 Å². The lowest BCUT2D eigenvalue weighted by Crippen LogP contribution is -2.39. The number of hydrogen-bond donors (Lipinski definition) is 0. The van der Waals surface area contributed by atoms with Crippen molar-refractivity contribution in [2.24, 2.45) is 4.99 Å². The lowest BCUT2D eigenvalue weighted by Gasteiger charge is -2.27. The number of amidine groups is 1. The van der Waals surface area contributed by atoms with Crippen LogP contribution < -0.4 is 4.90 Å². The van der Waals surface area contributed by atoms with Crippen molar-refractivity contribution in [3.05, 3.63) is 64.1 Å². The number of nitrogens with zero attached hydrogens (tertiary/aromatic N) is 2. The largest absolute Gasteiger partial charge is 0.312 e. The van der Waals surface area contributed by atoms with Crippen LogP contribution in [0, 0.1) is 11.6 Å². The molecule has 4 nitrogen and oxygen atoms in total. The van der Waals surface area contributed by atoms with E-state index in [2.05, 4.69) is 20.9 Å². The average molecular weight is 473 g/mol. The second kappa shape index (κ2) is 7.18. The minimum Gasteiger partial charge on any atom is -0.312 e. The Morgan fingerprint density at radius 3 is 2.67 bits per heavy atom. The van der Waals surface area contributed by atoms with Gasteiger partial charge in [-0.1, -0.05) is 45.9 Å². The van der Waals surface area contributed by atoms with Crippen molar-refractivity contribution >= 4 is 48.4 Å². The number of fused-ring (bicyclic) bond motifs is 1. The number of halogens is 3. The standard InChI is InChI=1S/C18H15BrF2N2O2S2/c19-12-5-6-16(14(21)7-12)23-17-10-27(24,25)9-15(17)22-18(23)26-8-11-3-1-2-4-13(11)20/h1-7,15,17H,8-10H2/t15-,17+/m1/s1. The molecule has 142 valence electrons. The van der Waals surface area contributed by atoms with Crippen molar-refractivity contribution in [2.45, 2.75) is 17.8 Å². The van der Waals surface area contributed by atoms with E-state index in [1.165, 1.54) is 23.9 Å². The predicted octanol–water partition coefficient (Wildman–Crippen LogP) is 4.00. The number of thioether (sulfide) groups is 1. The zero-order chi connectivity index (χ0) is 19.2. The molecule has 0 spiro atoms. The molecule has 1 fully saturated rings. The highest BCUT2D eigenvalue weighted by Gasteiger charge is 2.47. The van der Waals surface area contributed by atoms with Gasteiger partial charge in [0, 0.05) is 10.2 Å². The van der Waals surface area contributed by atoms with E-state index >= 15 is 0 Å². The molecule has 2 aromatic carbocycles. The first-order valence-electron chi connectivity index (χ1n) is 8.23. The molecule has 0 radical (unpaired) electrons. The van der Waals surface area contributed by atoms with E-state index in [1.54, 1.807) is 35.2 Å². The summed E-state index contributed by atoms with van der Waals surface area (Å²) in [4.78, 5) is 6.19. The second-order valence-electron chi connectivity index (χ2n) is 6.47. The van der Waals surface area contributed by atoms with E-state index in [1.807, 2.05) is 0 Å². The molecule has 2 aromatic rings. The Kier molecular flexibility index (Phi) is 5.02. The maximum Gasteiger partial charge on any atom is 0.164 e. The maximum atomic E-state index is 14.6.